The van der Waals surface area contributed by atoms with E-state index in [-0.39, 0.29) is 12.1 Å². The summed E-state index contributed by atoms with van der Waals surface area (Å²) in [5, 5.41) is 12.8. The first-order chi connectivity index (χ1) is 10.1. The predicted octanol–water partition coefficient (Wildman–Crippen LogP) is 2.97. The highest BCUT2D eigenvalue weighted by Gasteiger charge is 2.26. The van der Waals surface area contributed by atoms with Crippen LogP contribution >= 0.6 is 23.2 Å². The van der Waals surface area contributed by atoms with Crippen LogP contribution in [0.25, 0.3) is 11.4 Å². The Bertz CT molecular complexity index is 660. The van der Waals surface area contributed by atoms with Gasteiger partial charge in [0.1, 0.15) is 0 Å². The quantitative estimate of drug-likeness (QED) is 0.858. The Labute approximate surface area is 132 Å². The fourth-order valence-corrected chi connectivity index (χ4v) is 3.01. The zero-order valence-corrected chi connectivity index (χ0v) is 13.0. The number of ether oxygens (including phenoxy) is 1. The van der Waals surface area contributed by atoms with Crippen LogP contribution in [-0.2, 0) is 4.74 Å². The highest BCUT2D eigenvalue weighted by molar-refractivity contribution is 6.43. The number of benzene rings is 1. The number of nitrogens with zero attached hydrogens (tertiary/aromatic N) is 4. The molecule has 1 aromatic heterocycles. The van der Waals surface area contributed by atoms with E-state index in [1.165, 1.54) is 0 Å². The lowest BCUT2D eigenvalue weighted by atomic mass is 10.0. The summed E-state index contributed by atoms with van der Waals surface area (Å²) in [7, 11) is 0. The Balaban J connectivity index is 2.03. The lowest BCUT2D eigenvalue weighted by molar-refractivity contribution is 0.00350. The van der Waals surface area contributed by atoms with Crippen molar-refractivity contribution in [3.8, 4) is 11.4 Å². The smallest absolute Gasteiger partial charge is 0.183 e. The van der Waals surface area contributed by atoms with Gasteiger partial charge in [-0.25, -0.2) is 4.68 Å². The number of tetrazole rings is 1. The Kier molecular flexibility index (Phi) is 4.01. The van der Waals surface area contributed by atoms with E-state index >= 15 is 0 Å². The fourth-order valence-electron chi connectivity index (χ4n) is 2.59. The highest BCUT2D eigenvalue weighted by Crippen LogP contribution is 2.36. The van der Waals surface area contributed by atoms with Crippen molar-refractivity contribution in [2.45, 2.75) is 31.9 Å². The van der Waals surface area contributed by atoms with Crippen molar-refractivity contribution in [2.24, 2.45) is 0 Å². The summed E-state index contributed by atoms with van der Waals surface area (Å²) < 4.78 is 7.35. The van der Waals surface area contributed by atoms with E-state index < -0.39 is 0 Å². The summed E-state index contributed by atoms with van der Waals surface area (Å²) in [4.78, 5) is 0. The van der Waals surface area contributed by atoms with E-state index in [0.717, 1.165) is 12.8 Å². The van der Waals surface area contributed by atoms with Crippen molar-refractivity contribution in [1.29, 1.82) is 0 Å². The largest absolute Gasteiger partial charge is 0.399 e. The van der Waals surface area contributed by atoms with E-state index in [9.17, 15) is 0 Å². The minimum absolute atomic E-state index is 0.176. The van der Waals surface area contributed by atoms with E-state index in [1.54, 1.807) is 16.8 Å². The topological polar surface area (TPSA) is 78.9 Å². The normalized spacial score (nSPS) is 22.4. The van der Waals surface area contributed by atoms with Crippen LogP contribution in [0.15, 0.2) is 12.1 Å². The van der Waals surface area contributed by atoms with E-state index in [4.69, 9.17) is 33.7 Å². The first-order valence-corrected chi connectivity index (χ1v) is 7.46. The molecule has 1 aliphatic heterocycles. The molecule has 0 saturated carbocycles. The molecule has 0 aliphatic carbocycles. The molecule has 2 atom stereocenters. The summed E-state index contributed by atoms with van der Waals surface area (Å²) >= 11 is 12.4. The molecular weight excluding hydrogens is 313 g/mol. The average Bonchev–Trinajstić information content (AvgIpc) is 2.92. The molecule has 0 bridgehead atoms. The van der Waals surface area contributed by atoms with Crippen LogP contribution in [-0.4, -0.2) is 32.9 Å². The number of aromatic nitrogens is 4. The fraction of sp³-hybridized carbons (Fsp3) is 0.462. The Hall–Kier alpha value is -1.37. The van der Waals surface area contributed by atoms with Crippen LogP contribution < -0.4 is 5.73 Å². The zero-order valence-electron chi connectivity index (χ0n) is 11.5. The van der Waals surface area contributed by atoms with Crippen molar-refractivity contribution in [1.82, 2.24) is 20.2 Å². The second kappa shape index (κ2) is 5.79. The van der Waals surface area contributed by atoms with Gasteiger partial charge in [-0.05, 0) is 42.3 Å². The summed E-state index contributed by atoms with van der Waals surface area (Å²) in [5.74, 6) is 0.577. The van der Waals surface area contributed by atoms with Gasteiger partial charge in [-0.1, -0.05) is 23.2 Å². The lowest BCUT2D eigenvalue weighted by Gasteiger charge is -2.27. The molecule has 1 fully saturated rings. The highest BCUT2D eigenvalue weighted by atomic mass is 35.5. The van der Waals surface area contributed by atoms with Crippen molar-refractivity contribution in [3.05, 3.63) is 22.2 Å². The first-order valence-electron chi connectivity index (χ1n) is 6.70. The van der Waals surface area contributed by atoms with Crippen molar-refractivity contribution < 1.29 is 4.74 Å². The van der Waals surface area contributed by atoms with Crippen LogP contribution in [0.2, 0.25) is 10.0 Å². The van der Waals surface area contributed by atoms with Gasteiger partial charge in [-0.2, -0.15) is 0 Å². The van der Waals surface area contributed by atoms with Crippen LogP contribution in [0.5, 0.6) is 0 Å². The maximum absolute atomic E-state index is 6.28. The van der Waals surface area contributed by atoms with Crippen molar-refractivity contribution >= 4 is 28.9 Å². The number of hydrogen-bond donors (Lipinski definition) is 1. The third-order valence-corrected chi connectivity index (χ3v) is 4.39. The van der Waals surface area contributed by atoms with Gasteiger partial charge >= 0.3 is 0 Å². The van der Waals surface area contributed by atoms with E-state index in [2.05, 4.69) is 15.5 Å². The monoisotopic (exact) mass is 327 g/mol. The number of halogens is 2. The number of anilines is 1. The Morgan fingerprint density at radius 3 is 2.95 bits per heavy atom. The molecule has 112 valence electrons. The molecule has 1 saturated heterocycles. The molecule has 2 heterocycles. The minimum Gasteiger partial charge on any atom is -0.399 e. The number of nitrogens with two attached hydrogens (primary N) is 1. The van der Waals surface area contributed by atoms with Gasteiger partial charge in [0.2, 0.25) is 0 Å². The maximum Gasteiger partial charge on any atom is 0.183 e. The Morgan fingerprint density at radius 1 is 1.38 bits per heavy atom. The van der Waals surface area contributed by atoms with Crippen molar-refractivity contribution in [3.63, 3.8) is 0 Å². The molecule has 2 unspecified atom stereocenters. The van der Waals surface area contributed by atoms with Gasteiger partial charge in [0, 0.05) is 17.9 Å². The van der Waals surface area contributed by atoms with Crippen molar-refractivity contribution in [2.75, 3.05) is 12.3 Å². The molecule has 0 spiro atoms. The van der Waals surface area contributed by atoms with Gasteiger partial charge in [-0.3, -0.25) is 0 Å². The maximum atomic E-state index is 6.28. The second-order valence-corrected chi connectivity index (χ2v) is 5.96. The van der Waals surface area contributed by atoms with Gasteiger partial charge in [0.05, 0.1) is 22.2 Å². The standard InChI is InChI=1S/C13H15Cl2N5O/c1-7-4-9(2-3-21-7)20-13(17-18-19-20)10-5-8(16)6-11(14)12(10)15/h5-7,9H,2-4,16H2,1H3. The van der Waals surface area contributed by atoms with Crippen LogP contribution in [0, 0.1) is 0 Å². The number of rotatable bonds is 2. The third kappa shape index (κ3) is 2.84. The minimum atomic E-state index is 0.176. The molecule has 0 amide bonds. The van der Waals surface area contributed by atoms with Crippen LogP contribution in [0.4, 0.5) is 5.69 Å². The van der Waals surface area contributed by atoms with E-state index in [0.29, 0.717) is 33.7 Å². The first kappa shape index (κ1) is 14.6. The molecule has 2 N–H and O–H groups in total. The molecule has 8 heteroatoms. The number of nitrogen functional groups attached to an aromatic ring is 1. The van der Waals surface area contributed by atoms with Gasteiger partial charge in [-0.15, -0.1) is 5.10 Å². The van der Waals surface area contributed by atoms with Crippen LogP contribution in [0.1, 0.15) is 25.8 Å². The molecule has 3 rings (SSSR count). The van der Waals surface area contributed by atoms with Crippen LogP contribution in [0.3, 0.4) is 0 Å². The number of hydrogen-bond acceptors (Lipinski definition) is 5. The lowest BCUT2D eigenvalue weighted by Crippen LogP contribution is -2.26. The molecule has 1 aliphatic rings. The molecular formula is C13H15Cl2N5O. The summed E-state index contributed by atoms with van der Waals surface area (Å²) in [6.45, 7) is 2.73. The molecule has 6 nitrogen and oxygen atoms in total. The van der Waals surface area contributed by atoms with Gasteiger partial charge in [0.15, 0.2) is 5.82 Å². The predicted molar refractivity (Wildman–Crippen MR) is 81.4 cm³/mol. The zero-order chi connectivity index (χ0) is 15.0. The summed E-state index contributed by atoms with van der Waals surface area (Å²) in [6, 6.07) is 3.52. The molecule has 21 heavy (non-hydrogen) atoms. The van der Waals surface area contributed by atoms with Gasteiger partial charge < -0.3 is 10.5 Å². The molecule has 1 aromatic carbocycles. The van der Waals surface area contributed by atoms with Gasteiger partial charge in [0.25, 0.3) is 0 Å². The third-order valence-electron chi connectivity index (χ3n) is 3.59. The summed E-state index contributed by atoms with van der Waals surface area (Å²) in [5.41, 5.74) is 7.01. The average molecular weight is 328 g/mol. The summed E-state index contributed by atoms with van der Waals surface area (Å²) in [6.07, 6.45) is 1.89. The molecule has 0 radical (unpaired) electrons. The second-order valence-electron chi connectivity index (χ2n) is 5.17. The SMILES string of the molecule is CC1CC(n2nnnc2-c2cc(N)cc(Cl)c2Cl)CCO1. The Morgan fingerprint density at radius 2 is 2.19 bits per heavy atom. The van der Waals surface area contributed by atoms with E-state index in [1.807, 2.05) is 6.92 Å². The molecule has 2 aromatic rings.